The number of alkyl halides is 1. The monoisotopic (exact) mass is 326 g/mol. The highest BCUT2D eigenvalue weighted by atomic mass is 127. The van der Waals surface area contributed by atoms with Crippen molar-refractivity contribution in [1.82, 2.24) is 10.2 Å². The lowest BCUT2D eigenvalue weighted by molar-refractivity contribution is 0.196. The van der Waals surface area contributed by atoms with Gasteiger partial charge in [-0.05, 0) is 19.8 Å². The second kappa shape index (κ2) is 9.24. The highest BCUT2D eigenvalue weighted by Gasteiger charge is 2.12. The standard InChI is InChI=1S/C11H23IN2O/c1-4-6-8-14(9-7-5-2)11(15)13-10(3)12/h10H,4-9H2,1-3H3,(H,13,15). The number of unbranched alkanes of at least 4 members (excludes halogenated alkanes) is 2. The van der Waals surface area contributed by atoms with Gasteiger partial charge in [-0.25, -0.2) is 4.79 Å². The second-order valence-electron chi connectivity index (χ2n) is 3.76. The molecule has 0 aromatic carbocycles. The quantitative estimate of drug-likeness (QED) is 0.434. The number of hydrogen-bond acceptors (Lipinski definition) is 1. The van der Waals surface area contributed by atoms with E-state index in [1.54, 1.807) is 0 Å². The predicted octanol–water partition coefficient (Wildman–Crippen LogP) is 3.38. The van der Waals surface area contributed by atoms with Gasteiger partial charge in [0.1, 0.15) is 0 Å². The molecular weight excluding hydrogens is 303 g/mol. The van der Waals surface area contributed by atoms with E-state index in [1.165, 1.54) is 0 Å². The summed E-state index contributed by atoms with van der Waals surface area (Å²) in [5.74, 6) is 0. The molecule has 15 heavy (non-hydrogen) atoms. The Labute approximate surface area is 107 Å². The number of hydrogen-bond donors (Lipinski definition) is 1. The van der Waals surface area contributed by atoms with Crippen LogP contribution in [-0.4, -0.2) is 28.1 Å². The van der Waals surface area contributed by atoms with Gasteiger partial charge in [-0.15, -0.1) is 0 Å². The van der Waals surface area contributed by atoms with Crippen molar-refractivity contribution in [2.75, 3.05) is 13.1 Å². The van der Waals surface area contributed by atoms with Gasteiger partial charge in [-0.3, -0.25) is 0 Å². The van der Waals surface area contributed by atoms with Gasteiger partial charge in [0, 0.05) is 13.1 Å². The van der Waals surface area contributed by atoms with E-state index in [2.05, 4.69) is 41.8 Å². The summed E-state index contributed by atoms with van der Waals surface area (Å²) in [4.78, 5) is 13.7. The molecule has 3 nitrogen and oxygen atoms in total. The van der Waals surface area contributed by atoms with Crippen molar-refractivity contribution in [3.63, 3.8) is 0 Å². The number of rotatable bonds is 7. The Balaban J connectivity index is 4.01. The first-order valence-corrected chi connectivity index (χ1v) is 7.05. The summed E-state index contributed by atoms with van der Waals surface area (Å²) < 4.78 is 0.195. The minimum atomic E-state index is 0.0822. The Bertz CT molecular complexity index is 166. The van der Waals surface area contributed by atoms with Gasteiger partial charge in [0.05, 0.1) is 4.05 Å². The topological polar surface area (TPSA) is 32.3 Å². The number of nitrogens with one attached hydrogen (secondary N) is 1. The van der Waals surface area contributed by atoms with Gasteiger partial charge in [0.15, 0.2) is 0 Å². The van der Waals surface area contributed by atoms with Gasteiger partial charge >= 0.3 is 6.03 Å². The van der Waals surface area contributed by atoms with E-state index < -0.39 is 0 Å². The molecule has 0 radical (unpaired) electrons. The zero-order valence-electron chi connectivity index (χ0n) is 10.1. The maximum absolute atomic E-state index is 11.8. The average molecular weight is 326 g/mol. The van der Waals surface area contributed by atoms with E-state index in [9.17, 15) is 4.79 Å². The minimum Gasteiger partial charge on any atom is -0.327 e. The third-order valence-electron chi connectivity index (χ3n) is 2.17. The highest BCUT2D eigenvalue weighted by molar-refractivity contribution is 14.1. The lowest BCUT2D eigenvalue weighted by atomic mass is 10.3. The van der Waals surface area contributed by atoms with Crippen LogP contribution in [0.4, 0.5) is 4.79 Å². The maximum atomic E-state index is 11.8. The minimum absolute atomic E-state index is 0.0822. The van der Waals surface area contributed by atoms with Crippen molar-refractivity contribution >= 4 is 28.6 Å². The molecule has 0 spiro atoms. The molecule has 0 aliphatic rings. The van der Waals surface area contributed by atoms with Crippen LogP contribution in [0, 0.1) is 0 Å². The first-order valence-electron chi connectivity index (χ1n) is 5.81. The van der Waals surface area contributed by atoms with Crippen LogP contribution < -0.4 is 5.32 Å². The van der Waals surface area contributed by atoms with E-state index in [4.69, 9.17) is 0 Å². The van der Waals surface area contributed by atoms with Gasteiger partial charge in [0.25, 0.3) is 0 Å². The van der Waals surface area contributed by atoms with Crippen molar-refractivity contribution in [2.24, 2.45) is 0 Å². The van der Waals surface area contributed by atoms with Crippen molar-refractivity contribution in [3.8, 4) is 0 Å². The molecule has 2 amide bonds. The zero-order chi connectivity index (χ0) is 11.7. The number of carbonyl (C=O) groups is 1. The third kappa shape index (κ3) is 7.88. The van der Waals surface area contributed by atoms with Gasteiger partial charge in [0.2, 0.25) is 0 Å². The van der Waals surface area contributed by atoms with Crippen LogP contribution in [0.3, 0.4) is 0 Å². The summed E-state index contributed by atoms with van der Waals surface area (Å²) in [5.41, 5.74) is 0. The van der Waals surface area contributed by atoms with Crippen LogP contribution in [-0.2, 0) is 0 Å². The Morgan fingerprint density at radius 3 is 2.07 bits per heavy atom. The van der Waals surface area contributed by atoms with Crippen molar-refractivity contribution in [2.45, 2.75) is 50.5 Å². The summed E-state index contributed by atoms with van der Waals surface area (Å²) in [6.45, 7) is 8.04. The molecule has 0 aliphatic heterocycles. The molecule has 0 saturated heterocycles. The lowest BCUT2D eigenvalue weighted by Crippen LogP contribution is -2.43. The predicted molar refractivity (Wildman–Crippen MR) is 73.4 cm³/mol. The number of amides is 2. The van der Waals surface area contributed by atoms with E-state index in [1.807, 2.05) is 11.8 Å². The smallest absolute Gasteiger partial charge is 0.318 e. The number of urea groups is 1. The SMILES string of the molecule is CCCCN(CCCC)C(=O)NC(C)I. The fraction of sp³-hybridized carbons (Fsp3) is 0.909. The third-order valence-corrected chi connectivity index (χ3v) is 2.48. The number of halogens is 1. The van der Waals surface area contributed by atoms with Crippen LogP contribution in [0.25, 0.3) is 0 Å². The molecule has 0 heterocycles. The van der Waals surface area contributed by atoms with Gasteiger partial charge in [-0.2, -0.15) is 0 Å². The first-order chi connectivity index (χ1) is 7.11. The molecule has 90 valence electrons. The molecule has 4 heteroatoms. The van der Waals surface area contributed by atoms with E-state index >= 15 is 0 Å². The lowest BCUT2D eigenvalue weighted by Gasteiger charge is -2.23. The molecule has 0 aliphatic carbocycles. The molecule has 0 saturated carbocycles. The summed E-state index contributed by atoms with van der Waals surface area (Å²) in [6.07, 6.45) is 4.45. The van der Waals surface area contributed by atoms with E-state index in [-0.39, 0.29) is 10.1 Å². The average Bonchev–Trinajstić information content (AvgIpc) is 2.17. The molecular formula is C11H23IN2O. The summed E-state index contributed by atoms with van der Waals surface area (Å²) in [7, 11) is 0. The van der Waals surface area contributed by atoms with Gasteiger partial charge in [-0.1, -0.05) is 49.3 Å². The van der Waals surface area contributed by atoms with Crippen LogP contribution >= 0.6 is 22.6 Å². The molecule has 0 fully saturated rings. The Hall–Kier alpha value is 0. The van der Waals surface area contributed by atoms with E-state index in [0.717, 1.165) is 38.8 Å². The molecule has 1 atom stereocenters. The molecule has 0 bridgehead atoms. The Kier molecular flexibility index (Phi) is 9.24. The fourth-order valence-corrected chi connectivity index (χ4v) is 1.54. The van der Waals surface area contributed by atoms with Crippen LogP contribution in [0.5, 0.6) is 0 Å². The molecule has 0 rings (SSSR count). The summed E-state index contributed by atoms with van der Waals surface area (Å²) in [6, 6.07) is 0.0822. The normalized spacial score (nSPS) is 12.3. The van der Waals surface area contributed by atoms with Crippen molar-refractivity contribution in [1.29, 1.82) is 0 Å². The Morgan fingerprint density at radius 1 is 1.27 bits per heavy atom. The first kappa shape index (κ1) is 15.0. The van der Waals surface area contributed by atoms with Crippen LogP contribution in [0.15, 0.2) is 0 Å². The van der Waals surface area contributed by atoms with Crippen LogP contribution in [0.1, 0.15) is 46.5 Å². The summed E-state index contributed by atoms with van der Waals surface area (Å²) >= 11 is 2.21. The fourth-order valence-electron chi connectivity index (χ4n) is 1.27. The largest absolute Gasteiger partial charge is 0.327 e. The molecule has 1 N–H and O–H groups in total. The second-order valence-corrected chi connectivity index (χ2v) is 5.63. The van der Waals surface area contributed by atoms with Crippen LogP contribution in [0.2, 0.25) is 0 Å². The number of carbonyl (C=O) groups excluding carboxylic acids is 1. The number of nitrogens with zero attached hydrogens (tertiary/aromatic N) is 1. The van der Waals surface area contributed by atoms with E-state index in [0.29, 0.717) is 0 Å². The van der Waals surface area contributed by atoms with Crippen molar-refractivity contribution in [3.05, 3.63) is 0 Å². The summed E-state index contributed by atoms with van der Waals surface area (Å²) in [5, 5.41) is 2.93. The highest BCUT2D eigenvalue weighted by Crippen LogP contribution is 2.02. The molecule has 1 unspecified atom stereocenters. The zero-order valence-corrected chi connectivity index (χ0v) is 12.2. The Morgan fingerprint density at radius 2 is 1.73 bits per heavy atom. The molecule has 0 aromatic rings. The maximum Gasteiger partial charge on any atom is 0.318 e. The van der Waals surface area contributed by atoms with Gasteiger partial charge < -0.3 is 10.2 Å². The molecule has 0 aromatic heterocycles. The van der Waals surface area contributed by atoms with Crippen molar-refractivity contribution < 1.29 is 4.79 Å².